The van der Waals surface area contributed by atoms with E-state index in [0.717, 1.165) is 6.42 Å². The monoisotopic (exact) mass is 335 g/mol. The van der Waals surface area contributed by atoms with Crippen LogP contribution in [-0.4, -0.2) is 29.1 Å². The van der Waals surface area contributed by atoms with Crippen LogP contribution in [-0.2, 0) is 9.53 Å². The Morgan fingerprint density at radius 2 is 1.92 bits per heavy atom. The summed E-state index contributed by atoms with van der Waals surface area (Å²) in [5.41, 5.74) is 2.94. The zero-order valence-electron chi connectivity index (χ0n) is 13.9. The quantitative estimate of drug-likeness (QED) is 0.340. The van der Waals surface area contributed by atoms with Gasteiger partial charge in [-0.1, -0.05) is 13.3 Å². The highest BCUT2D eigenvalue weighted by atomic mass is 16.6. The Morgan fingerprint density at radius 3 is 2.42 bits per heavy atom. The summed E-state index contributed by atoms with van der Waals surface area (Å²) in [4.78, 5) is 34.0. The van der Waals surface area contributed by atoms with Gasteiger partial charge in [-0.15, -0.1) is 0 Å². The highest BCUT2D eigenvalue weighted by Crippen LogP contribution is 2.13. The number of nitrogens with zero attached hydrogens (tertiary/aromatic N) is 2. The highest BCUT2D eigenvalue weighted by Gasteiger charge is 2.22. The summed E-state index contributed by atoms with van der Waals surface area (Å²) in [5.74, 6) is -1.39. The number of hydrazone groups is 1. The number of carbonyl (C=O) groups is 2. The second-order valence-electron chi connectivity index (χ2n) is 5.09. The third-order valence-electron chi connectivity index (χ3n) is 3.33. The van der Waals surface area contributed by atoms with Crippen molar-refractivity contribution in [1.82, 2.24) is 5.43 Å². The Morgan fingerprint density at radius 1 is 1.29 bits per heavy atom. The number of non-ortho nitro benzene ring substituents is 1. The van der Waals surface area contributed by atoms with Crippen LogP contribution in [0.3, 0.4) is 0 Å². The maximum atomic E-state index is 12.0. The van der Waals surface area contributed by atoms with Crippen molar-refractivity contribution in [2.45, 2.75) is 33.6 Å². The molecule has 0 saturated carbocycles. The Hall–Kier alpha value is -2.77. The van der Waals surface area contributed by atoms with Crippen molar-refractivity contribution < 1.29 is 19.2 Å². The predicted molar refractivity (Wildman–Crippen MR) is 88.7 cm³/mol. The first-order valence-corrected chi connectivity index (χ1v) is 7.66. The summed E-state index contributed by atoms with van der Waals surface area (Å²) in [6.07, 6.45) is 1.34. The summed E-state index contributed by atoms with van der Waals surface area (Å²) in [6, 6.07) is 5.16. The molecule has 0 saturated heterocycles. The van der Waals surface area contributed by atoms with E-state index in [0.29, 0.717) is 12.1 Å². The molecule has 1 rings (SSSR count). The van der Waals surface area contributed by atoms with Gasteiger partial charge in [0.05, 0.1) is 17.4 Å². The molecule has 0 radical (unpaired) electrons. The third kappa shape index (κ3) is 5.45. The molecule has 0 bridgehead atoms. The van der Waals surface area contributed by atoms with Crippen LogP contribution in [0.15, 0.2) is 29.4 Å². The Kier molecular flexibility index (Phi) is 7.54. The molecule has 1 aromatic rings. The van der Waals surface area contributed by atoms with E-state index in [1.165, 1.54) is 24.3 Å². The lowest BCUT2D eigenvalue weighted by molar-refractivity contribution is -0.384. The molecular formula is C16H21N3O5. The van der Waals surface area contributed by atoms with Crippen LogP contribution in [0.4, 0.5) is 5.69 Å². The molecule has 130 valence electrons. The molecule has 0 unspecified atom stereocenters. The Labute approximate surface area is 140 Å². The molecule has 0 aliphatic carbocycles. The number of esters is 1. The van der Waals surface area contributed by atoms with E-state index in [9.17, 15) is 19.7 Å². The average molecular weight is 335 g/mol. The molecule has 0 aromatic heterocycles. The first-order valence-electron chi connectivity index (χ1n) is 7.66. The fourth-order valence-electron chi connectivity index (χ4n) is 2.04. The first-order chi connectivity index (χ1) is 11.4. The van der Waals surface area contributed by atoms with Crippen molar-refractivity contribution in [2.75, 3.05) is 6.61 Å². The number of rotatable bonds is 8. The lowest BCUT2D eigenvalue weighted by Gasteiger charge is -2.14. The van der Waals surface area contributed by atoms with E-state index in [2.05, 4.69) is 10.5 Å². The lowest BCUT2D eigenvalue weighted by atomic mass is 9.99. The SMILES string of the molecule is CCC[C@H](C(=O)OCC)C(C)=NNC(=O)c1ccc([N+](=O)[O-])cc1. The summed E-state index contributed by atoms with van der Waals surface area (Å²) in [6.45, 7) is 5.59. The largest absolute Gasteiger partial charge is 0.465 e. The van der Waals surface area contributed by atoms with E-state index < -0.39 is 16.7 Å². The molecule has 8 heteroatoms. The number of nitro benzene ring substituents is 1. The first kappa shape index (κ1) is 19.3. The van der Waals surface area contributed by atoms with E-state index in [-0.39, 0.29) is 23.8 Å². The van der Waals surface area contributed by atoms with Crippen molar-refractivity contribution in [3.05, 3.63) is 39.9 Å². The molecule has 0 aliphatic rings. The average Bonchev–Trinajstić information content (AvgIpc) is 2.57. The van der Waals surface area contributed by atoms with Gasteiger partial charge in [0.25, 0.3) is 11.6 Å². The maximum Gasteiger partial charge on any atom is 0.314 e. The van der Waals surface area contributed by atoms with Gasteiger partial charge in [-0.05, 0) is 32.4 Å². The highest BCUT2D eigenvalue weighted by molar-refractivity contribution is 6.02. The van der Waals surface area contributed by atoms with Gasteiger partial charge in [0.15, 0.2) is 0 Å². The van der Waals surface area contributed by atoms with Gasteiger partial charge in [0, 0.05) is 23.4 Å². The minimum absolute atomic E-state index is 0.100. The molecule has 0 aliphatic heterocycles. The molecule has 1 N–H and O–H groups in total. The van der Waals surface area contributed by atoms with Gasteiger partial charge in [-0.25, -0.2) is 5.43 Å². The van der Waals surface area contributed by atoms with Crippen LogP contribution in [0.5, 0.6) is 0 Å². The summed E-state index contributed by atoms with van der Waals surface area (Å²) in [5, 5.41) is 14.6. The molecule has 0 heterocycles. The van der Waals surface area contributed by atoms with Gasteiger partial charge in [0.2, 0.25) is 0 Å². The van der Waals surface area contributed by atoms with Gasteiger partial charge >= 0.3 is 5.97 Å². The van der Waals surface area contributed by atoms with Crippen molar-refractivity contribution in [3.63, 3.8) is 0 Å². The number of nitro groups is 1. The number of amides is 1. The zero-order chi connectivity index (χ0) is 18.1. The third-order valence-corrected chi connectivity index (χ3v) is 3.33. The lowest BCUT2D eigenvalue weighted by Crippen LogP contribution is -2.27. The second-order valence-corrected chi connectivity index (χ2v) is 5.09. The Bertz CT molecular complexity index is 625. The van der Waals surface area contributed by atoms with Gasteiger partial charge in [-0.2, -0.15) is 5.10 Å². The smallest absolute Gasteiger partial charge is 0.314 e. The van der Waals surface area contributed by atoms with Crippen molar-refractivity contribution in [3.8, 4) is 0 Å². The van der Waals surface area contributed by atoms with Crippen LogP contribution in [0, 0.1) is 16.0 Å². The number of benzene rings is 1. The Balaban J connectivity index is 2.78. The summed E-state index contributed by atoms with van der Waals surface area (Å²) in [7, 11) is 0. The molecule has 0 spiro atoms. The number of hydrogen-bond acceptors (Lipinski definition) is 6. The normalized spacial score (nSPS) is 12.4. The molecule has 1 atom stereocenters. The maximum absolute atomic E-state index is 12.0. The zero-order valence-corrected chi connectivity index (χ0v) is 13.9. The molecule has 0 fully saturated rings. The summed E-state index contributed by atoms with van der Waals surface area (Å²) >= 11 is 0. The molecule has 1 aromatic carbocycles. The molecule has 24 heavy (non-hydrogen) atoms. The van der Waals surface area contributed by atoms with Gasteiger partial charge in [-0.3, -0.25) is 19.7 Å². The molecule has 8 nitrogen and oxygen atoms in total. The predicted octanol–water partition coefficient (Wildman–Crippen LogP) is 2.68. The number of ether oxygens (including phenoxy) is 1. The van der Waals surface area contributed by atoms with Gasteiger partial charge < -0.3 is 4.74 Å². The number of hydrogen-bond donors (Lipinski definition) is 1. The second kappa shape index (κ2) is 9.39. The van der Waals surface area contributed by atoms with Crippen LogP contribution >= 0.6 is 0 Å². The van der Waals surface area contributed by atoms with Crippen molar-refractivity contribution in [1.29, 1.82) is 0 Å². The van der Waals surface area contributed by atoms with E-state index in [4.69, 9.17) is 4.74 Å². The van der Waals surface area contributed by atoms with Crippen molar-refractivity contribution >= 4 is 23.3 Å². The summed E-state index contributed by atoms with van der Waals surface area (Å²) < 4.78 is 5.01. The topological polar surface area (TPSA) is 111 Å². The standard InChI is InChI=1S/C16H21N3O5/c1-4-6-14(16(21)24-5-2)11(3)17-18-15(20)12-7-9-13(10-8-12)19(22)23/h7-10,14H,4-6H2,1-3H3,(H,18,20)/t14-/m0/s1. The van der Waals surface area contributed by atoms with Crippen LogP contribution in [0.2, 0.25) is 0 Å². The van der Waals surface area contributed by atoms with Crippen molar-refractivity contribution in [2.24, 2.45) is 11.0 Å². The van der Waals surface area contributed by atoms with Crippen LogP contribution < -0.4 is 5.43 Å². The number of carbonyl (C=O) groups excluding carboxylic acids is 2. The van der Waals surface area contributed by atoms with Crippen LogP contribution in [0.1, 0.15) is 44.0 Å². The van der Waals surface area contributed by atoms with Gasteiger partial charge in [0.1, 0.15) is 0 Å². The number of nitrogens with one attached hydrogen (secondary N) is 1. The minimum Gasteiger partial charge on any atom is -0.465 e. The fourth-order valence-corrected chi connectivity index (χ4v) is 2.04. The van der Waals surface area contributed by atoms with E-state index in [1.54, 1.807) is 13.8 Å². The van der Waals surface area contributed by atoms with Crippen LogP contribution in [0.25, 0.3) is 0 Å². The molecular weight excluding hydrogens is 314 g/mol. The van der Waals surface area contributed by atoms with E-state index >= 15 is 0 Å². The van der Waals surface area contributed by atoms with E-state index in [1.807, 2.05) is 6.92 Å². The molecule has 1 amide bonds. The minimum atomic E-state index is -0.543. The fraction of sp³-hybridized carbons (Fsp3) is 0.438.